The molecule has 9 heteroatoms. The number of methoxy groups -OCH3 is 1. The Bertz CT molecular complexity index is 1110. The summed E-state index contributed by atoms with van der Waals surface area (Å²) < 4.78 is 8.50. The van der Waals surface area contributed by atoms with E-state index >= 15 is 0 Å². The number of likely N-dealkylation sites (tertiary alicyclic amines) is 1. The molecule has 2 aromatic carbocycles. The van der Waals surface area contributed by atoms with Crippen molar-refractivity contribution >= 4 is 32.5 Å². The highest BCUT2D eigenvalue weighted by Crippen LogP contribution is 2.26. The zero-order valence-electron chi connectivity index (χ0n) is 19.1. The van der Waals surface area contributed by atoms with E-state index in [0.717, 1.165) is 45.5 Å². The fourth-order valence-electron chi connectivity index (χ4n) is 4.71. The Morgan fingerprint density at radius 1 is 1.09 bits per heavy atom. The first-order valence-electron chi connectivity index (χ1n) is 11.5. The van der Waals surface area contributed by atoms with Gasteiger partial charge in [0.25, 0.3) is 0 Å². The Balaban J connectivity index is 1.45. The van der Waals surface area contributed by atoms with Gasteiger partial charge in [-0.25, -0.2) is 0 Å². The Morgan fingerprint density at radius 3 is 2.65 bits per heavy atom. The quantitative estimate of drug-likeness (QED) is 0.285. The summed E-state index contributed by atoms with van der Waals surface area (Å²) in [4.78, 5) is 1.86. The van der Waals surface area contributed by atoms with Crippen LogP contribution in [0.1, 0.15) is 5.56 Å². The third-order valence-electron chi connectivity index (χ3n) is 6.54. The number of β-amino-alcohol motifs (C(OH)–C–C–N with tert-alkyl or cyclic N) is 1. The predicted octanol–water partition coefficient (Wildman–Crippen LogP) is 1.83. The number of hydrogen-bond donors (Lipinski definition) is 5. The number of anilines is 1. The number of halogens is 1. The van der Waals surface area contributed by atoms with Gasteiger partial charge in [0.15, 0.2) is 0 Å². The van der Waals surface area contributed by atoms with E-state index in [-0.39, 0.29) is 13.2 Å². The smallest absolute Gasteiger partial charge is 0.122 e. The number of benzene rings is 2. The Labute approximate surface area is 207 Å². The number of aromatic nitrogens is 1. The number of para-hydroxylation sites is 1. The molecule has 1 saturated heterocycles. The molecule has 0 saturated carbocycles. The number of aliphatic hydroxyl groups is 4. The van der Waals surface area contributed by atoms with Crippen molar-refractivity contribution in [2.45, 2.75) is 37.3 Å². The number of rotatable bonds is 9. The van der Waals surface area contributed by atoms with E-state index in [2.05, 4.69) is 44.1 Å². The Kier molecular flexibility index (Phi) is 8.13. The molecule has 5 N–H and O–H groups in total. The molecule has 0 bridgehead atoms. The molecular formula is C25H32BrN3O5. The van der Waals surface area contributed by atoms with Crippen LogP contribution in [0.3, 0.4) is 0 Å². The summed E-state index contributed by atoms with van der Waals surface area (Å²) in [5, 5.41) is 44.6. The molecule has 1 aromatic heterocycles. The van der Waals surface area contributed by atoms with Crippen LogP contribution in [0, 0.1) is 0 Å². The second-order valence-electron chi connectivity index (χ2n) is 8.71. The number of nitrogens with one attached hydrogen (secondary N) is 1. The maximum absolute atomic E-state index is 10.3. The molecule has 2 heterocycles. The van der Waals surface area contributed by atoms with Gasteiger partial charge in [0.05, 0.1) is 25.9 Å². The van der Waals surface area contributed by atoms with E-state index in [1.54, 1.807) is 7.11 Å². The molecule has 0 aliphatic carbocycles. The Hall–Kier alpha value is -2.14. The van der Waals surface area contributed by atoms with E-state index in [1.807, 2.05) is 35.2 Å². The zero-order valence-corrected chi connectivity index (χ0v) is 20.7. The van der Waals surface area contributed by atoms with Crippen molar-refractivity contribution in [3.8, 4) is 5.75 Å². The van der Waals surface area contributed by atoms with Gasteiger partial charge in [-0.1, -0.05) is 34.1 Å². The molecule has 4 rings (SSSR count). The largest absolute Gasteiger partial charge is 0.497 e. The van der Waals surface area contributed by atoms with Gasteiger partial charge in [0.1, 0.15) is 18.0 Å². The van der Waals surface area contributed by atoms with E-state index in [4.69, 9.17) is 4.74 Å². The first kappa shape index (κ1) is 25.0. The number of hydrogen-bond acceptors (Lipinski definition) is 7. The summed E-state index contributed by atoms with van der Waals surface area (Å²) in [5.74, 6) is 0.784. The maximum Gasteiger partial charge on any atom is 0.122 e. The van der Waals surface area contributed by atoms with Crippen LogP contribution in [0.4, 0.5) is 5.69 Å². The molecule has 4 unspecified atom stereocenters. The summed E-state index contributed by atoms with van der Waals surface area (Å²) in [7, 11) is 1.65. The number of ether oxygens (including phenoxy) is 1. The highest BCUT2D eigenvalue weighted by Gasteiger charge is 2.40. The van der Waals surface area contributed by atoms with Crippen molar-refractivity contribution in [1.82, 2.24) is 9.47 Å². The van der Waals surface area contributed by atoms with Gasteiger partial charge < -0.3 is 35.0 Å². The molecule has 8 nitrogen and oxygen atoms in total. The molecule has 1 aliphatic rings. The van der Waals surface area contributed by atoms with Crippen molar-refractivity contribution in [3.05, 3.63) is 58.7 Å². The van der Waals surface area contributed by atoms with Crippen LogP contribution in [0.25, 0.3) is 10.9 Å². The average molecular weight is 534 g/mol. The molecule has 184 valence electrons. The maximum atomic E-state index is 10.3. The highest BCUT2D eigenvalue weighted by molar-refractivity contribution is 9.10. The van der Waals surface area contributed by atoms with Crippen molar-refractivity contribution in [1.29, 1.82) is 0 Å². The van der Waals surface area contributed by atoms with E-state index < -0.39 is 24.4 Å². The normalized spacial score (nSPS) is 23.4. The second-order valence-corrected chi connectivity index (χ2v) is 9.63. The standard InChI is InChI=1S/C25H32BrN3O5/c1-34-19-11-17(26)10-18(12-19)27-7-9-29-13-16(20-4-2-3-5-21(20)29)6-8-28-14-23(31)25(33)24(32)22(28)15-30/h2-5,10-13,22-25,27,30-33H,6-9,14-15H2,1H3. The van der Waals surface area contributed by atoms with Crippen LogP contribution in [-0.4, -0.2) is 87.6 Å². The van der Waals surface area contributed by atoms with Gasteiger partial charge in [-0.05, 0) is 30.2 Å². The summed E-state index contributed by atoms with van der Waals surface area (Å²) in [6.07, 6.45) is -0.629. The molecule has 3 aromatic rings. The van der Waals surface area contributed by atoms with E-state index in [9.17, 15) is 20.4 Å². The lowest BCUT2D eigenvalue weighted by atomic mass is 9.94. The fraction of sp³-hybridized carbons (Fsp3) is 0.440. The average Bonchev–Trinajstić information content (AvgIpc) is 3.18. The SMILES string of the molecule is COc1cc(Br)cc(NCCn2cc(CCN3CC(O)C(O)C(O)C3CO)c3ccccc32)c1. The topological polar surface area (TPSA) is 110 Å². The second kappa shape index (κ2) is 11.1. The number of piperidine rings is 1. The lowest BCUT2D eigenvalue weighted by Crippen LogP contribution is -2.62. The molecular weight excluding hydrogens is 502 g/mol. The van der Waals surface area contributed by atoms with Gasteiger partial charge in [-0.2, -0.15) is 0 Å². The van der Waals surface area contributed by atoms with Crippen LogP contribution >= 0.6 is 15.9 Å². The van der Waals surface area contributed by atoms with Gasteiger partial charge >= 0.3 is 0 Å². The van der Waals surface area contributed by atoms with Crippen LogP contribution in [0.5, 0.6) is 5.75 Å². The van der Waals surface area contributed by atoms with E-state index in [0.29, 0.717) is 13.0 Å². The first-order valence-corrected chi connectivity index (χ1v) is 12.2. The van der Waals surface area contributed by atoms with Crippen molar-refractivity contribution in [2.24, 2.45) is 0 Å². The molecule has 34 heavy (non-hydrogen) atoms. The molecule has 4 atom stereocenters. The van der Waals surface area contributed by atoms with Gasteiger partial charge in [0.2, 0.25) is 0 Å². The molecule has 1 fully saturated rings. The van der Waals surface area contributed by atoms with Gasteiger partial charge in [-0.3, -0.25) is 4.90 Å². The fourth-order valence-corrected chi connectivity index (χ4v) is 5.18. The monoisotopic (exact) mass is 533 g/mol. The minimum atomic E-state index is -1.24. The number of nitrogens with zero attached hydrogens (tertiary/aromatic N) is 2. The van der Waals surface area contributed by atoms with Crippen LogP contribution in [-0.2, 0) is 13.0 Å². The third-order valence-corrected chi connectivity index (χ3v) is 7.00. The van der Waals surface area contributed by atoms with Gasteiger partial charge in [0, 0.05) is 59.5 Å². The van der Waals surface area contributed by atoms with Crippen LogP contribution in [0.2, 0.25) is 0 Å². The zero-order chi connectivity index (χ0) is 24.2. The summed E-state index contributed by atoms with van der Waals surface area (Å²) in [5.41, 5.74) is 3.27. The number of fused-ring (bicyclic) bond motifs is 1. The van der Waals surface area contributed by atoms with Crippen molar-refractivity contribution < 1.29 is 25.2 Å². The number of aliphatic hydroxyl groups excluding tert-OH is 4. The van der Waals surface area contributed by atoms with Crippen molar-refractivity contribution in [3.63, 3.8) is 0 Å². The predicted molar refractivity (Wildman–Crippen MR) is 135 cm³/mol. The third kappa shape index (κ3) is 5.40. The lowest BCUT2D eigenvalue weighted by molar-refractivity contribution is -0.144. The Morgan fingerprint density at radius 2 is 1.88 bits per heavy atom. The molecule has 0 radical (unpaired) electrons. The van der Waals surface area contributed by atoms with Gasteiger partial charge in [-0.15, -0.1) is 0 Å². The molecule has 0 spiro atoms. The molecule has 1 aliphatic heterocycles. The summed E-state index contributed by atoms with van der Waals surface area (Å²) >= 11 is 3.51. The van der Waals surface area contributed by atoms with E-state index in [1.165, 1.54) is 0 Å². The van der Waals surface area contributed by atoms with Crippen LogP contribution in [0.15, 0.2) is 53.1 Å². The lowest BCUT2D eigenvalue weighted by Gasteiger charge is -2.43. The minimum absolute atomic E-state index is 0.210. The summed E-state index contributed by atoms with van der Waals surface area (Å²) in [6.45, 7) is 1.98. The van der Waals surface area contributed by atoms with Crippen LogP contribution < -0.4 is 10.1 Å². The van der Waals surface area contributed by atoms with Crippen molar-refractivity contribution in [2.75, 3.05) is 38.7 Å². The highest BCUT2D eigenvalue weighted by atomic mass is 79.9. The first-order chi connectivity index (χ1) is 16.4. The summed E-state index contributed by atoms with van der Waals surface area (Å²) in [6, 6.07) is 13.5. The minimum Gasteiger partial charge on any atom is -0.497 e. The molecule has 0 amide bonds.